The molecule has 1 aromatic rings. The van der Waals surface area contributed by atoms with E-state index in [1.165, 1.54) is 11.1 Å². The fourth-order valence-electron chi connectivity index (χ4n) is 4.38. The van der Waals surface area contributed by atoms with Crippen molar-refractivity contribution in [3.05, 3.63) is 23.3 Å². The van der Waals surface area contributed by atoms with Gasteiger partial charge in [-0.3, -0.25) is 4.79 Å². The van der Waals surface area contributed by atoms with Crippen LogP contribution in [0, 0.1) is 5.92 Å². The highest BCUT2D eigenvalue weighted by molar-refractivity contribution is 6.29. The van der Waals surface area contributed by atoms with Crippen LogP contribution in [0.1, 0.15) is 70.9 Å². The molecule has 2 unspecified atom stereocenters. The fraction of sp³-hybridized carbons (Fsp3) is 0.625. The van der Waals surface area contributed by atoms with Gasteiger partial charge in [-0.15, -0.1) is 0 Å². The summed E-state index contributed by atoms with van der Waals surface area (Å²) in [7, 11) is 0. The first-order valence-electron chi connectivity index (χ1n) is 11.4. The maximum absolute atomic E-state index is 11.7. The highest BCUT2D eigenvalue weighted by Crippen LogP contribution is 2.47. The molecule has 1 fully saturated rings. The Balaban J connectivity index is 2.47. The lowest BCUT2D eigenvalue weighted by Crippen LogP contribution is -2.35. The molecule has 0 heterocycles. The summed E-state index contributed by atoms with van der Waals surface area (Å²) in [6.45, 7) is 8.44. The van der Waals surface area contributed by atoms with E-state index in [0.29, 0.717) is 24.1 Å². The summed E-state index contributed by atoms with van der Waals surface area (Å²) in [6, 6.07) is 2.91. The molecule has 1 aliphatic rings. The average Bonchev–Trinajstić information content (AvgIpc) is 2.73. The van der Waals surface area contributed by atoms with Gasteiger partial charge in [0, 0.05) is 24.2 Å². The topological polar surface area (TPSA) is 134 Å². The maximum atomic E-state index is 11.7. The number of ether oxygens (including phenoxy) is 2. The summed E-state index contributed by atoms with van der Waals surface area (Å²) in [5, 5.41) is 29.6. The molecule has 0 aliphatic heterocycles. The van der Waals surface area contributed by atoms with E-state index in [1.54, 1.807) is 6.07 Å². The number of esters is 1. The van der Waals surface area contributed by atoms with Crippen molar-refractivity contribution in [1.82, 2.24) is 5.06 Å². The molecule has 9 heteroatoms. The largest absolute Gasteiger partial charge is 0.493 e. The van der Waals surface area contributed by atoms with Crippen molar-refractivity contribution in [2.75, 3.05) is 13.2 Å². The number of carbonyl (C=O) groups excluding carboxylic acids is 1. The van der Waals surface area contributed by atoms with Gasteiger partial charge in [0.2, 0.25) is 0 Å². The van der Waals surface area contributed by atoms with E-state index in [-0.39, 0.29) is 41.9 Å². The summed E-state index contributed by atoms with van der Waals surface area (Å²) < 4.78 is 11.0. The average molecular weight is 466 g/mol. The SMILES string of the molecule is CC(C)N(O)CCCOc1cc(OC(=O)C(=O)O)cc(C2(C)CCCCC2C)c1CC(=O)O. The van der Waals surface area contributed by atoms with Crippen molar-refractivity contribution in [2.24, 2.45) is 5.92 Å². The Labute approximate surface area is 194 Å². The first-order valence-corrected chi connectivity index (χ1v) is 11.4. The molecule has 33 heavy (non-hydrogen) atoms. The number of carboxylic acid groups (broad SMARTS) is 2. The summed E-state index contributed by atoms with van der Waals surface area (Å²) >= 11 is 0. The van der Waals surface area contributed by atoms with Crippen LogP contribution in [-0.2, 0) is 26.2 Å². The predicted molar refractivity (Wildman–Crippen MR) is 120 cm³/mol. The van der Waals surface area contributed by atoms with E-state index in [2.05, 4.69) is 13.8 Å². The zero-order valence-electron chi connectivity index (χ0n) is 19.8. The Morgan fingerprint density at radius 3 is 2.48 bits per heavy atom. The van der Waals surface area contributed by atoms with Gasteiger partial charge in [-0.05, 0) is 56.1 Å². The van der Waals surface area contributed by atoms with Crippen LogP contribution in [0.2, 0.25) is 0 Å². The van der Waals surface area contributed by atoms with Crippen LogP contribution in [0.3, 0.4) is 0 Å². The molecule has 1 saturated carbocycles. The van der Waals surface area contributed by atoms with E-state index in [1.807, 2.05) is 13.8 Å². The maximum Gasteiger partial charge on any atom is 0.422 e. The second-order valence-corrected chi connectivity index (χ2v) is 9.24. The molecule has 1 aromatic carbocycles. The van der Waals surface area contributed by atoms with Crippen molar-refractivity contribution in [2.45, 2.75) is 77.7 Å². The second kappa shape index (κ2) is 11.5. The van der Waals surface area contributed by atoms with Gasteiger partial charge >= 0.3 is 17.9 Å². The van der Waals surface area contributed by atoms with Gasteiger partial charge in [0.1, 0.15) is 11.5 Å². The molecule has 9 nitrogen and oxygen atoms in total. The standard InChI is InChI=1S/C24H35NO8/c1-15(2)25(31)10-7-11-32-20-13-17(33-23(30)22(28)29)12-19(18(20)14-21(26)27)24(4)9-6-5-8-16(24)3/h12-13,15-16,31H,5-11,14H2,1-4H3,(H,26,27)(H,28,29). The molecular formula is C24H35NO8. The van der Waals surface area contributed by atoms with E-state index in [4.69, 9.17) is 14.6 Å². The number of aliphatic carboxylic acids is 2. The van der Waals surface area contributed by atoms with Crippen LogP contribution in [0.5, 0.6) is 11.5 Å². The van der Waals surface area contributed by atoms with Gasteiger partial charge in [0.25, 0.3) is 0 Å². The summed E-state index contributed by atoms with van der Waals surface area (Å²) in [5.41, 5.74) is 0.819. The number of hydrogen-bond acceptors (Lipinski definition) is 7. The van der Waals surface area contributed by atoms with Crippen molar-refractivity contribution < 1.29 is 39.3 Å². The number of hydrogen-bond donors (Lipinski definition) is 3. The summed E-state index contributed by atoms with van der Waals surface area (Å²) in [6.07, 6.45) is 4.05. The third-order valence-corrected chi connectivity index (χ3v) is 6.57. The van der Waals surface area contributed by atoms with Gasteiger partial charge in [-0.2, -0.15) is 5.06 Å². The molecular weight excluding hydrogens is 430 g/mol. The molecule has 0 saturated heterocycles. The van der Waals surface area contributed by atoms with Crippen LogP contribution in [0.4, 0.5) is 0 Å². The van der Waals surface area contributed by atoms with Crippen LogP contribution < -0.4 is 9.47 Å². The predicted octanol–water partition coefficient (Wildman–Crippen LogP) is 3.64. The minimum atomic E-state index is -1.72. The number of benzene rings is 1. The number of carbonyl (C=O) groups is 3. The highest BCUT2D eigenvalue weighted by Gasteiger charge is 2.38. The second-order valence-electron chi connectivity index (χ2n) is 9.24. The molecule has 0 aromatic heterocycles. The Bertz CT molecular complexity index is 868. The fourth-order valence-corrected chi connectivity index (χ4v) is 4.38. The number of hydroxylamine groups is 2. The van der Waals surface area contributed by atoms with Gasteiger partial charge in [-0.1, -0.05) is 26.7 Å². The number of rotatable bonds is 10. The molecule has 184 valence electrons. The molecule has 3 N–H and O–H groups in total. The van der Waals surface area contributed by atoms with Crippen LogP contribution in [0.15, 0.2) is 12.1 Å². The van der Waals surface area contributed by atoms with Crippen LogP contribution in [-0.4, -0.2) is 57.6 Å². The van der Waals surface area contributed by atoms with E-state index in [9.17, 15) is 24.7 Å². The molecule has 0 radical (unpaired) electrons. The van der Waals surface area contributed by atoms with Crippen molar-refractivity contribution in [1.29, 1.82) is 0 Å². The smallest absolute Gasteiger partial charge is 0.422 e. The summed E-state index contributed by atoms with van der Waals surface area (Å²) in [4.78, 5) is 34.5. The lowest BCUT2D eigenvalue weighted by Gasteiger charge is -2.42. The van der Waals surface area contributed by atoms with Crippen molar-refractivity contribution in [3.63, 3.8) is 0 Å². The quantitative estimate of drug-likeness (QED) is 0.156. The third-order valence-electron chi connectivity index (χ3n) is 6.57. The molecule has 0 amide bonds. The Kier molecular flexibility index (Phi) is 9.25. The third kappa shape index (κ3) is 6.91. The minimum absolute atomic E-state index is 0.00602. The molecule has 2 rings (SSSR count). The Hall–Kier alpha value is -2.65. The lowest BCUT2D eigenvalue weighted by molar-refractivity contribution is -0.158. The minimum Gasteiger partial charge on any atom is -0.493 e. The first kappa shape index (κ1) is 26.6. The van der Waals surface area contributed by atoms with Crippen LogP contribution in [0.25, 0.3) is 0 Å². The van der Waals surface area contributed by atoms with Crippen molar-refractivity contribution in [3.8, 4) is 11.5 Å². The number of carboxylic acids is 2. The Morgan fingerprint density at radius 2 is 1.91 bits per heavy atom. The number of nitrogens with zero attached hydrogens (tertiary/aromatic N) is 1. The lowest BCUT2D eigenvalue weighted by atomic mass is 9.63. The normalized spacial score (nSPS) is 20.6. The monoisotopic (exact) mass is 465 g/mol. The van der Waals surface area contributed by atoms with Gasteiger partial charge in [0.15, 0.2) is 0 Å². The van der Waals surface area contributed by atoms with E-state index >= 15 is 0 Å². The van der Waals surface area contributed by atoms with Crippen LogP contribution >= 0.6 is 0 Å². The van der Waals surface area contributed by atoms with E-state index < -0.39 is 17.9 Å². The molecule has 1 aliphatic carbocycles. The highest BCUT2D eigenvalue weighted by atomic mass is 16.6. The van der Waals surface area contributed by atoms with E-state index in [0.717, 1.165) is 25.7 Å². The van der Waals surface area contributed by atoms with Gasteiger partial charge in [-0.25, -0.2) is 9.59 Å². The van der Waals surface area contributed by atoms with Crippen molar-refractivity contribution >= 4 is 17.9 Å². The van der Waals surface area contributed by atoms with Gasteiger partial charge in [0.05, 0.1) is 13.0 Å². The first-order chi connectivity index (χ1) is 15.5. The summed E-state index contributed by atoms with van der Waals surface area (Å²) in [5.74, 6) is -3.67. The zero-order valence-corrected chi connectivity index (χ0v) is 19.8. The zero-order chi connectivity index (χ0) is 24.8. The Morgan fingerprint density at radius 1 is 1.21 bits per heavy atom. The molecule has 0 bridgehead atoms. The molecule has 2 atom stereocenters. The van der Waals surface area contributed by atoms with Gasteiger partial charge < -0.3 is 24.9 Å². The molecule has 0 spiro atoms.